The summed E-state index contributed by atoms with van der Waals surface area (Å²) in [4.78, 5) is 25.0. The molecule has 1 atom stereocenters. The fourth-order valence-electron chi connectivity index (χ4n) is 5.23. The van der Waals surface area contributed by atoms with E-state index in [1.165, 1.54) is 0 Å². The molecule has 0 bridgehead atoms. The van der Waals surface area contributed by atoms with Crippen molar-refractivity contribution in [1.82, 2.24) is 19.7 Å². The number of anilines is 1. The smallest absolute Gasteiger partial charge is 0.234 e. The van der Waals surface area contributed by atoms with Crippen molar-refractivity contribution in [2.24, 2.45) is 0 Å². The molecule has 9 heteroatoms. The molecule has 1 unspecified atom stereocenters. The highest BCUT2D eigenvalue weighted by Gasteiger charge is 2.32. The lowest BCUT2D eigenvalue weighted by Crippen LogP contribution is -2.36. The summed E-state index contributed by atoms with van der Waals surface area (Å²) in [5, 5.41) is 15.0. The van der Waals surface area contributed by atoms with Gasteiger partial charge in [0.1, 0.15) is 12.4 Å². The second-order valence-corrected chi connectivity index (χ2v) is 10.7. The molecule has 0 aliphatic heterocycles. The minimum Gasteiger partial charge on any atom is -0.508 e. The number of methoxy groups -OCH3 is 1. The molecule has 222 valence electrons. The molecule has 1 aromatic carbocycles. The number of nitrogens with zero attached hydrogens (tertiary/aromatic N) is 5. The number of benzene rings is 1. The van der Waals surface area contributed by atoms with Crippen LogP contribution in [0.4, 0.5) is 5.69 Å². The molecule has 0 radical (unpaired) electrons. The van der Waals surface area contributed by atoms with E-state index in [0.717, 1.165) is 52.9 Å². The van der Waals surface area contributed by atoms with Crippen molar-refractivity contribution >= 4 is 11.6 Å². The number of fused-ring (bicyclic) bond motifs is 1. The van der Waals surface area contributed by atoms with Crippen molar-refractivity contribution in [3.8, 4) is 11.6 Å². The molecule has 0 spiro atoms. The molecule has 0 saturated heterocycles. The number of rotatable bonds is 11. The lowest BCUT2D eigenvalue weighted by molar-refractivity contribution is -0.120. The van der Waals surface area contributed by atoms with Crippen molar-refractivity contribution in [1.29, 1.82) is 0 Å². The molecule has 0 fully saturated rings. The third-order valence-electron chi connectivity index (χ3n) is 7.43. The fourth-order valence-corrected chi connectivity index (χ4v) is 5.23. The van der Waals surface area contributed by atoms with E-state index in [1.807, 2.05) is 47.3 Å². The number of phenolic OH excluding ortho intramolecular Hbond substituents is 1. The zero-order valence-electron chi connectivity index (χ0n) is 23.9. The number of amides is 1. The van der Waals surface area contributed by atoms with Crippen LogP contribution in [0.3, 0.4) is 0 Å². The van der Waals surface area contributed by atoms with Crippen LogP contribution >= 0.6 is 0 Å². The number of hydrogen-bond acceptors (Lipinski definition) is 7. The van der Waals surface area contributed by atoms with Crippen molar-refractivity contribution in [3.63, 3.8) is 0 Å². The van der Waals surface area contributed by atoms with Gasteiger partial charge in [-0.15, -0.1) is 0 Å². The number of aromatic hydroxyl groups is 1. The number of pyridine rings is 2. The fraction of sp³-hybridized carbons (Fsp3) is 0.394. The molecule has 1 aliphatic carbocycles. The first-order valence-electron chi connectivity index (χ1n) is 14.1. The Hall–Kier alpha value is -4.24. The Bertz CT molecular complexity index is 1450. The zero-order valence-corrected chi connectivity index (χ0v) is 23.9. The Morgan fingerprint density at radius 3 is 2.64 bits per heavy atom. The largest absolute Gasteiger partial charge is 0.508 e. The van der Waals surface area contributed by atoms with Crippen LogP contribution in [-0.4, -0.2) is 51.1 Å². The molecule has 3 heterocycles. The number of carbonyl (C=O) groups is 1. The van der Waals surface area contributed by atoms with Crippen LogP contribution in [0.25, 0.3) is 0 Å². The van der Waals surface area contributed by atoms with Gasteiger partial charge in [0.2, 0.25) is 11.8 Å². The third kappa shape index (κ3) is 7.15. The first-order valence-corrected chi connectivity index (χ1v) is 14.1. The number of aromatic nitrogens is 4. The van der Waals surface area contributed by atoms with E-state index < -0.39 is 0 Å². The molecule has 4 aromatic rings. The normalized spacial score (nSPS) is 14.2. The SMILES string of the molecule is C.COCCOc1ccc(Cn2cc(CN(C(=O)C3CCCc4c(O)cccc43)c3ccc(C(C)C)nc3)cn2)cn1. The van der Waals surface area contributed by atoms with E-state index in [2.05, 4.69) is 28.9 Å². The molecule has 1 aliphatic rings. The maximum atomic E-state index is 14.2. The van der Waals surface area contributed by atoms with Gasteiger partial charge < -0.3 is 19.5 Å². The monoisotopic (exact) mass is 571 g/mol. The summed E-state index contributed by atoms with van der Waals surface area (Å²) >= 11 is 0. The van der Waals surface area contributed by atoms with E-state index >= 15 is 0 Å². The summed E-state index contributed by atoms with van der Waals surface area (Å²) in [6.45, 7) is 6.05. The highest BCUT2D eigenvalue weighted by molar-refractivity contribution is 5.98. The predicted octanol–water partition coefficient (Wildman–Crippen LogP) is 5.87. The second-order valence-electron chi connectivity index (χ2n) is 10.7. The van der Waals surface area contributed by atoms with Crippen LogP contribution in [0.1, 0.15) is 73.9 Å². The van der Waals surface area contributed by atoms with Crippen LogP contribution in [0.5, 0.6) is 11.6 Å². The maximum absolute atomic E-state index is 14.2. The van der Waals surface area contributed by atoms with Gasteiger partial charge in [-0.25, -0.2) is 4.98 Å². The predicted molar refractivity (Wildman–Crippen MR) is 163 cm³/mol. The summed E-state index contributed by atoms with van der Waals surface area (Å²) in [5.74, 6) is 0.772. The standard InChI is InChI=1S/C32H37N5O4.CH4/c1-22(2)29-12-11-25(18-33-29)37(32(39)28-8-4-7-27-26(28)6-5-9-30(27)38)21-24-17-35-36(20-24)19-23-10-13-31(34-16-23)41-15-14-40-3;/h5-6,9-13,16-18,20,22,28,38H,4,7-8,14-15,19,21H2,1-3H3;1H4. The van der Waals surface area contributed by atoms with Gasteiger partial charge in [0.25, 0.3) is 0 Å². The Morgan fingerprint density at radius 2 is 1.93 bits per heavy atom. The third-order valence-corrected chi connectivity index (χ3v) is 7.43. The number of phenols is 1. The summed E-state index contributed by atoms with van der Waals surface area (Å²) in [5.41, 5.74) is 5.40. The molecule has 3 aromatic heterocycles. The Labute approximate surface area is 248 Å². The van der Waals surface area contributed by atoms with Crippen molar-refractivity contribution < 1.29 is 19.4 Å². The van der Waals surface area contributed by atoms with E-state index in [9.17, 15) is 9.90 Å². The molecular weight excluding hydrogens is 530 g/mol. The summed E-state index contributed by atoms with van der Waals surface area (Å²) in [6.07, 6.45) is 9.68. The molecule has 1 amide bonds. The number of hydrogen-bond donors (Lipinski definition) is 1. The van der Waals surface area contributed by atoms with Gasteiger partial charge in [-0.1, -0.05) is 39.5 Å². The van der Waals surface area contributed by atoms with E-state index in [4.69, 9.17) is 9.47 Å². The maximum Gasteiger partial charge on any atom is 0.234 e. The van der Waals surface area contributed by atoms with Crippen molar-refractivity contribution in [3.05, 3.63) is 95.2 Å². The summed E-state index contributed by atoms with van der Waals surface area (Å²) in [6, 6.07) is 13.2. The lowest BCUT2D eigenvalue weighted by atomic mass is 9.81. The quantitative estimate of drug-likeness (QED) is 0.225. The van der Waals surface area contributed by atoms with E-state index in [-0.39, 0.29) is 25.0 Å². The molecule has 0 saturated carbocycles. The molecule has 9 nitrogen and oxygen atoms in total. The average Bonchev–Trinajstić information content (AvgIpc) is 3.43. The number of ether oxygens (including phenoxy) is 2. The molecule has 5 rings (SSSR count). The molecular formula is C33H41N5O4. The van der Waals surface area contributed by atoms with Gasteiger partial charge in [0.05, 0.1) is 43.7 Å². The van der Waals surface area contributed by atoms with Gasteiger partial charge in [0, 0.05) is 36.8 Å². The second kappa shape index (κ2) is 14.1. The van der Waals surface area contributed by atoms with Gasteiger partial charge in [0.15, 0.2) is 0 Å². The first-order chi connectivity index (χ1) is 19.9. The number of carbonyl (C=O) groups excluding carboxylic acids is 1. The van der Waals surface area contributed by atoms with Crippen molar-refractivity contribution in [2.45, 2.75) is 65.5 Å². The minimum absolute atomic E-state index is 0. The van der Waals surface area contributed by atoms with E-state index in [1.54, 1.807) is 36.7 Å². The topological polar surface area (TPSA) is 103 Å². The average molecular weight is 572 g/mol. The van der Waals surface area contributed by atoms with Gasteiger partial charge in [-0.2, -0.15) is 5.10 Å². The Morgan fingerprint density at radius 1 is 1.07 bits per heavy atom. The summed E-state index contributed by atoms with van der Waals surface area (Å²) < 4.78 is 12.4. The lowest BCUT2D eigenvalue weighted by Gasteiger charge is -2.31. The van der Waals surface area contributed by atoms with Gasteiger partial charge in [-0.05, 0) is 60.1 Å². The summed E-state index contributed by atoms with van der Waals surface area (Å²) in [7, 11) is 1.63. The van der Waals surface area contributed by atoms with Crippen LogP contribution in [-0.2, 0) is 29.0 Å². The Kier molecular flexibility index (Phi) is 10.3. The minimum atomic E-state index is -0.332. The zero-order chi connectivity index (χ0) is 28.8. The van der Waals surface area contributed by atoms with Crippen LogP contribution < -0.4 is 9.64 Å². The van der Waals surface area contributed by atoms with Crippen LogP contribution in [0.2, 0.25) is 0 Å². The molecule has 42 heavy (non-hydrogen) atoms. The highest BCUT2D eigenvalue weighted by Crippen LogP contribution is 2.38. The highest BCUT2D eigenvalue weighted by atomic mass is 16.5. The van der Waals surface area contributed by atoms with Gasteiger partial charge >= 0.3 is 0 Å². The van der Waals surface area contributed by atoms with Crippen molar-refractivity contribution in [2.75, 3.05) is 25.2 Å². The van der Waals surface area contributed by atoms with Crippen LogP contribution in [0, 0.1) is 0 Å². The van der Waals surface area contributed by atoms with Crippen LogP contribution in [0.15, 0.2) is 67.3 Å². The van der Waals surface area contributed by atoms with E-state index in [0.29, 0.717) is 38.1 Å². The Balaban J connectivity index is 0.00000405. The van der Waals surface area contributed by atoms with Gasteiger partial charge in [-0.3, -0.25) is 14.5 Å². The molecule has 1 N–H and O–H groups in total. The first kappa shape index (κ1) is 30.7.